The van der Waals surface area contributed by atoms with Gasteiger partial charge >= 0.3 is 0 Å². The second kappa shape index (κ2) is 5.37. The average Bonchev–Trinajstić information content (AvgIpc) is 2.72. The molecule has 0 aliphatic carbocycles. The molecule has 0 amide bonds. The van der Waals surface area contributed by atoms with E-state index in [2.05, 4.69) is 92.5 Å². The van der Waals surface area contributed by atoms with Crippen molar-refractivity contribution >= 4 is 31.9 Å². The van der Waals surface area contributed by atoms with Crippen LogP contribution in [0.5, 0.6) is 0 Å². The first-order valence-electron chi connectivity index (χ1n) is 6.12. The second-order valence-electron chi connectivity index (χ2n) is 5.56. The summed E-state index contributed by atoms with van der Waals surface area (Å²) in [6.45, 7) is 8.56. The zero-order valence-corrected chi connectivity index (χ0v) is 14.7. The highest BCUT2D eigenvalue weighted by molar-refractivity contribution is 9.10. The van der Waals surface area contributed by atoms with Gasteiger partial charge in [-0.2, -0.15) is 0 Å². The third-order valence-corrected chi connectivity index (χ3v) is 4.04. The fraction of sp³-hybridized carbons (Fsp3) is 0.429. The Morgan fingerprint density at radius 1 is 1.21 bits per heavy atom. The first kappa shape index (κ1) is 14.7. The van der Waals surface area contributed by atoms with Crippen LogP contribution >= 0.6 is 31.9 Å². The molecule has 0 aliphatic rings. The summed E-state index contributed by atoms with van der Waals surface area (Å²) in [7, 11) is 0. The maximum atomic E-state index is 4.37. The van der Waals surface area contributed by atoms with E-state index < -0.39 is 0 Å². The van der Waals surface area contributed by atoms with E-state index in [4.69, 9.17) is 0 Å². The Hall–Kier alpha value is -0.680. The molecule has 5 heteroatoms. The van der Waals surface area contributed by atoms with Crippen molar-refractivity contribution in [1.82, 2.24) is 14.8 Å². The van der Waals surface area contributed by atoms with E-state index in [0.29, 0.717) is 5.33 Å². The summed E-state index contributed by atoms with van der Waals surface area (Å²) in [5, 5.41) is 9.35. The summed E-state index contributed by atoms with van der Waals surface area (Å²) in [5.74, 6) is 1.84. The first-order valence-corrected chi connectivity index (χ1v) is 8.03. The lowest BCUT2D eigenvalue weighted by Gasteiger charge is -2.25. The van der Waals surface area contributed by atoms with Gasteiger partial charge in [-0.25, -0.2) is 0 Å². The fourth-order valence-corrected chi connectivity index (χ4v) is 3.12. The van der Waals surface area contributed by atoms with Crippen LogP contribution in [0.25, 0.3) is 11.4 Å². The van der Waals surface area contributed by atoms with Crippen molar-refractivity contribution < 1.29 is 0 Å². The molecule has 1 aromatic carbocycles. The van der Waals surface area contributed by atoms with Gasteiger partial charge in [0.05, 0.1) is 5.33 Å². The number of hydrogen-bond donors (Lipinski definition) is 0. The molecule has 0 saturated heterocycles. The van der Waals surface area contributed by atoms with Crippen molar-refractivity contribution in [3.63, 3.8) is 0 Å². The number of aromatic nitrogens is 3. The molecule has 0 atom stereocenters. The molecule has 1 aromatic heterocycles. The first-order chi connectivity index (χ1) is 8.84. The molecule has 3 nitrogen and oxygen atoms in total. The molecule has 0 bridgehead atoms. The minimum absolute atomic E-state index is 0.0632. The molecule has 2 aromatic rings. The molecule has 102 valence electrons. The van der Waals surface area contributed by atoms with Crippen LogP contribution in [-0.2, 0) is 10.9 Å². The molecule has 0 saturated carbocycles. The van der Waals surface area contributed by atoms with E-state index in [1.54, 1.807) is 0 Å². The highest BCUT2D eigenvalue weighted by atomic mass is 79.9. The Labute approximate surface area is 130 Å². The van der Waals surface area contributed by atoms with Crippen LogP contribution in [0.4, 0.5) is 0 Å². The van der Waals surface area contributed by atoms with E-state index in [0.717, 1.165) is 21.7 Å². The Bertz CT molecular complexity index is 597. The lowest BCUT2D eigenvalue weighted by molar-refractivity contribution is 0.391. The van der Waals surface area contributed by atoms with Gasteiger partial charge in [0.15, 0.2) is 5.82 Å². The van der Waals surface area contributed by atoms with Gasteiger partial charge in [0.25, 0.3) is 0 Å². The van der Waals surface area contributed by atoms with Crippen LogP contribution in [0, 0.1) is 6.92 Å². The SMILES string of the molecule is Cc1ccc(-c2nnc(CBr)n2C(C)(C)C)c(Br)c1. The van der Waals surface area contributed by atoms with E-state index in [1.165, 1.54) is 5.56 Å². The second-order valence-corrected chi connectivity index (χ2v) is 6.98. The maximum Gasteiger partial charge on any atom is 0.165 e. The molecule has 0 spiro atoms. The Morgan fingerprint density at radius 2 is 1.89 bits per heavy atom. The summed E-state index contributed by atoms with van der Waals surface area (Å²) >= 11 is 7.10. The number of halogens is 2. The zero-order valence-electron chi connectivity index (χ0n) is 11.5. The third-order valence-electron chi connectivity index (χ3n) is 2.89. The quantitative estimate of drug-likeness (QED) is 0.702. The predicted octanol–water partition coefficient (Wildman–Crippen LogP) is 4.67. The molecule has 0 aliphatic heterocycles. The van der Waals surface area contributed by atoms with Crippen molar-refractivity contribution in [3.8, 4) is 11.4 Å². The monoisotopic (exact) mass is 385 g/mol. The summed E-state index contributed by atoms with van der Waals surface area (Å²) in [4.78, 5) is 0. The molecule has 0 N–H and O–H groups in total. The van der Waals surface area contributed by atoms with Gasteiger partial charge in [0.2, 0.25) is 0 Å². The Balaban J connectivity index is 2.66. The number of aryl methyl sites for hydroxylation is 1. The van der Waals surface area contributed by atoms with E-state index in [1.807, 2.05) is 0 Å². The van der Waals surface area contributed by atoms with Crippen LogP contribution in [0.3, 0.4) is 0 Å². The largest absolute Gasteiger partial charge is 0.305 e. The van der Waals surface area contributed by atoms with Crippen molar-refractivity contribution in [1.29, 1.82) is 0 Å². The minimum Gasteiger partial charge on any atom is -0.305 e. The van der Waals surface area contributed by atoms with Crippen molar-refractivity contribution in [2.45, 2.75) is 38.6 Å². The van der Waals surface area contributed by atoms with Crippen LogP contribution in [0.2, 0.25) is 0 Å². The highest BCUT2D eigenvalue weighted by Gasteiger charge is 2.24. The Kier molecular flexibility index (Phi) is 4.16. The Morgan fingerprint density at radius 3 is 2.42 bits per heavy atom. The molecule has 0 radical (unpaired) electrons. The molecular weight excluding hydrogens is 370 g/mol. The van der Waals surface area contributed by atoms with Gasteiger partial charge in [-0.3, -0.25) is 0 Å². The van der Waals surface area contributed by atoms with Crippen molar-refractivity contribution in [2.24, 2.45) is 0 Å². The smallest absolute Gasteiger partial charge is 0.165 e. The number of hydrogen-bond acceptors (Lipinski definition) is 2. The lowest BCUT2D eigenvalue weighted by Crippen LogP contribution is -2.24. The predicted molar refractivity (Wildman–Crippen MR) is 85.5 cm³/mol. The number of benzene rings is 1. The minimum atomic E-state index is -0.0632. The molecule has 0 fully saturated rings. The molecular formula is C14H17Br2N3. The van der Waals surface area contributed by atoms with Gasteiger partial charge in [0, 0.05) is 15.6 Å². The van der Waals surface area contributed by atoms with E-state index in [-0.39, 0.29) is 5.54 Å². The van der Waals surface area contributed by atoms with E-state index in [9.17, 15) is 0 Å². The van der Waals surface area contributed by atoms with Crippen LogP contribution in [0.15, 0.2) is 22.7 Å². The van der Waals surface area contributed by atoms with E-state index >= 15 is 0 Å². The standard InChI is InChI=1S/C14H17Br2N3/c1-9-5-6-10(11(16)7-9)13-18-17-12(8-15)19(13)14(2,3)4/h5-7H,8H2,1-4H3. The van der Waals surface area contributed by atoms with Crippen molar-refractivity contribution in [3.05, 3.63) is 34.1 Å². The van der Waals surface area contributed by atoms with Gasteiger partial charge in [-0.15, -0.1) is 10.2 Å². The number of nitrogens with zero attached hydrogens (tertiary/aromatic N) is 3. The molecule has 2 rings (SSSR count). The van der Waals surface area contributed by atoms with Crippen molar-refractivity contribution in [2.75, 3.05) is 0 Å². The summed E-state index contributed by atoms with van der Waals surface area (Å²) in [6, 6.07) is 6.28. The highest BCUT2D eigenvalue weighted by Crippen LogP contribution is 2.32. The van der Waals surface area contributed by atoms with Crippen LogP contribution in [-0.4, -0.2) is 14.8 Å². The lowest BCUT2D eigenvalue weighted by atomic mass is 10.1. The summed E-state index contributed by atoms with van der Waals surface area (Å²) in [6.07, 6.45) is 0. The average molecular weight is 387 g/mol. The number of alkyl halides is 1. The third kappa shape index (κ3) is 2.92. The van der Waals surface area contributed by atoms with Gasteiger partial charge in [0.1, 0.15) is 5.82 Å². The molecule has 19 heavy (non-hydrogen) atoms. The molecule has 0 unspecified atom stereocenters. The normalized spacial score (nSPS) is 11.9. The maximum absolute atomic E-state index is 4.37. The zero-order chi connectivity index (χ0) is 14.2. The fourth-order valence-electron chi connectivity index (χ4n) is 2.08. The number of rotatable bonds is 2. The molecule has 1 heterocycles. The summed E-state index contributed by atoms with van der Waals surface area (Å²) in [5.41, 5.74) is 2.23. The van der Waals surface area contributed by atoms with Gasteiger partial charge < -0.3 is 4.57 Å². The van der Waals surface area contributed by atoms with Gasteiger partial charge in [-0.1, -0.05) is 37.9 Å². The van der Waals surface area contributed by atoms with Crippen LogP contribution < -0.4 is 0 Å². The van der Waals surface area contributed by atoms with Crippen LogP contribution in [0.1, 0.15) is 32.2 Å². The van der Waals surface area contributed by atoms with Gasteiger partial charge in [-0.05, 0) is 45.4 Å². The topological polar surface area (TPSA) is 30.7 Å². The summed E-state index contributed by atoms with van der Waals surface area (Å²) < 4.78 is 3.23.